The van der Waals surface area contributed by atoms with Crippen molar-refractivity contribution in [2.75, 3.05) is 0 Å². The van der Waals surface area contributed by atoms with E-state index in [1.54, 1.807) is 6.07 Å². The summed E-state index contributed by atoms with van der Waals surface area (Å²) in [5, 5.41) is 11.1. The normalized spacial score (nSPS) is 11.1. The van der Waals surface area contributed by atoms with Crippen molar-refractivity contribution in [2.24, 2.45) is 0 Å². The smallest absolute Gasteiger partial charge is 0.153 e. The molecule has 0 amide bonds. The highest BCUT2D eigenvalue weighted by Crippen LogP contribution is 2.48. The number of hydrogen-bond donors (Lipinski definition) is 1. The number of para-hydroxylation sites is 1. The van der Waals surface area contributed by atoms with Crippen LogP contribution >= 0.6 is 0 Å². The number of rotatable bonds is 5. The van der Waals surface area contributed by atoms with Gasteiger partial charge in [-0.3, -0.25) is 4.79 Å². The molecule has 0 atom stereocenters. The Bertz CT molecular complexity index is 975. The van der Waals surface area contributed by atoms with Crippen molar-refractivity contribution < 1.29 is 9.90 Å². The molecule has 0 aromatic heterocycles. The minimum atomic E-state index is -0.757. The Labute approximate surface area is 164 Å². The van der Waals surface area contributed by atoms with Gasteiger partial charge in [-0.1, -0.05) is 103 Å². The SMILES string of the molecule is O=Cc1cccc(C(c2ccccc2)(c2ccccc2)c2ccccc2)c1O. The van der Waals surface area contributed by atoms with E-state index in [2.05, 4.69) is 36.4 Å². The first-order chi connectivity index (χ1) is 13.8. The lowest BCUT2D eigenvalue weighted by Gasteiger charge is -2.37. The predicted octanol–water partition coefficient (Wildman–Crippen LogP) is 5.59. The molecule has 0 heterocycles. The molecule has 4 aromatic rings. The quantitative estimate of drug-likeness (QED) is 0.370. The average Bonchev–Trinajstić information content (AvgIpc) is 2.78. The zero-order chi connectivity index (χ0) is 19.4. The summed E-state index contributed by atoms with van der Waals surface area (Å²) < 4.78 is 0. The summed E-state index contributed by atoms with van der Waals surface area (Å²) in [4.78, 5) is 11.6. The van der Waals surface area contributed by atoms with Crippen LogP contribution in [0.5, 0.6) is 5.75 Å². The molecule has 28 heavy (non-hydrogen) atoms. The van der Waals surface area contributed by atoms with E-state index in [1.807, 2.05) is 66.7 Å². The number of hydrogen-bond acceptors (Lipinski definition) is 2. The van der Waals surface area contributed by atoms with Gasteiger partial charge in [-0.2, -0.15) is 0 Å². The number of carbonyl (C=O) groups excluding carboxylic acids is 1. The van der Waals surface area contributed by atoms with Crippen molar-refractivity contribution in [3.63, 3.8) is 0 Å². The third-order valence-corrected chi connectivity index (χ3v) is 5.22. The van der Waals surface area contributed by atoms with Gasteiger partial charge in [0, 0.05) is 5.56 Å². The third kappa shape index (κ3) is 2.80. The second-order valence-corrected chi connectivity index (χ2v) is 6.71. The molecule has 4 aromatic carbocycles. The Morgan fingerprint density at radius 3 is 1.39 bits per heavy atom. The summed E-state index contributed by atoms with van der Waals surface area (Å²) >= 11 is 0. The van der Waals surface area contributed by atoms with E-state index in [0.29, 0.717) is 11.8 Å². The highest BCUT2D eigenvalue weighted by molar-refractivity contribution is 5.81. The predicted molar refractivity (Wildman–Crippen MR) is 112 cm³/mol. The average molecular weight is 364 g/mol. The number of phenols is 1. The van der Waals surface area contributed by atoms with Crippen molar-refractivity contribution in [2.45, 2.75) is 5.41 Å². The van der Waals surface area contributed by atoms with E-state index in [4.69, 9.17) is 0 Å². The van der Waals surface area contributed by atoms with Crippen molar-refractivity contribution in [1.82, 2.24) is 0 Å². The molecular formula is C26H20O2. The lowest BCUT2D eigenvalue weighted by Crippen LogP contribution is -2.31. The number of aromatic hydroxyl groups is 1. The number of phenolic OH excluding ortho intramolecular Hbond substituents is 1. The largest absolute Gasteiger partial charge is 0.507 e. The standard InChI is InChI=1S/C26H20O2/c27-19-20-11-10-18-24(25(20)28)26(21-12-4-1-5-13-21,22-14-6-2-7-15-22)23-16-8-3-9-17-23/h1-19,28H. The van der Waals surface area contributed by atoms with Crippen LogP contribution < -0.4 is 0 Å². The Morgan fingerprint density at radius 2 is 1.00 bits per heavy atom. The van der Waals surface area contributed by atoms with Crippen LogP contribution in [0.3, 0.4) is 0 Å². The van der Waals surface area contributed by atoms with Crippen LogP contribution in [0.25, 0.3) is 0 Å². The van der Waals surface area contributed by atoms with Gasteiger partial charge in [0.1, 0.15) is 5.75 Å². The maximum atomic E-state index is 11.6. The Hall–Kier alpha value is -3.65. The second-order valence-electron chi connectivity index (χ2n) is 6.71. The van der Waals surface area contributed by atoms with Gasteiger partial charge in [0.25, 0.3) is 0 Å². The van der Waals surface area contributed by atoms with Gasteiger partial charge in [-0.15, -0.1) is 0 Å². The molecule has 1 N–H and O–H groups in total. The summed E-state index contributed by atoms with van der Waals surface area (Å²) in [6.07, 6.45) is 0.699. The Balaban J connectivity index is 2.19. The maximum absolute atomic E-state index is 11.6. The minimum Gasteiger partial charge on any atom is -0.507 e. The van der Waals surface area contributed by atoms with E-state index in [0.717, 1.165) is 16.7 Å². The fourth-order valence-electron chi connectivity index (χ4n) is 3.99. The zero-order valence-electron chi connectivity index (χ0n) is 15.3. The van der Waals surface area contributed by atoms with Crippen molar-refractivity contribution in [1.29, 1.82) is 0 Å². The highest BCUT2D eigenvalue weighted by atomic mass is 16.3. The maximum Gasteiger partial charge on any atom is 0.153 e. The van der Waals surface area contributed by atoms with Gasteiger partial charge in [-0.05, 0) is 22.8 Å². The molecule has 0 radical (unpaired) electrons. The fraction of sp³-hybridized carbons (Fsp3) is 0.0385. The lowest BCUT2D eigenvalue weighted by atomic mass is 9.64. The summed E-state index contributed by atoms with van der Waals surface area (Å²) in [7, 11) is 0. The highest BCUT2D eigenvalue weighted by Gasteiger charge is 2.40. The molecule has 0 bridgehead atoms. The minimum absolute atomic E-state index is 0.00839. The first-order valence-electron chi connectivity index (χ1n) is 9.22. The van der Waals surface area contributed by atoms with Crippen molar-refractivity contribution in [3.8, 4) is 5.75 Å². The number of aldehydes is 1. The number of benzene rings is 4. The van der Waals surface area contributed by atoms with E-state index in [-0.39, 0.29) is 11.3 Å². The van der Waals surface area contributed by atoms with Crippen LogP contribution in [-0.4, -0.2) is 11.4 Å². The molecular weight excluding hydrogens is 344 g/mol. The van der Waals surface area contributed by atoms with E-state index >= 15 is 0 Å². The summed E-state index contributed by atoms with van der Waals surface area (Å²) in [6, 6.07) is 35.6. The van der Waals surface area contributed by atoms with Crippen LogP contribution in [0.15, 0.2) is 109 Å². The third-order valence-electron chi connectivity index (χ3n) is 5.22. The van der Waals surface area contributed by atoms with Gasteiger partial charge < -0.3 is 5.11 Å². The molecule has 2 nitrogen and oxygen atoms in total. The van der Waals surface area contributed by atoms with Crippen molar-refractivity contribution >= 4 is 6.29 Å². The lowest BCUT2D eigenvalue weighted by molar-refractivity contribution is 0.112. The molecule has 0 fully saturated rings. The van der Waals surface area contributed by atoms with E-state index in [1.165, 1.54) is 0 Å². The molecule has 0 saturated carbocycles. The molecule has 0 aliphatic heterocycles. The van der Waals surface area contributed by atoms with Gasteiger partial charge in [-0.25, -0.2) is 0 Å². The Kier molecular flexibility index (Phi) is 4.77. The van der Waals surface area contributed by atoms with E-state index < -0.39 is 5.41 Å². The fourth-order valence-corrected chi connectivity index (χ4v) is 3.99. The van der Waals surface area contributed by atoms with Gasteiger partial charge in [0.2, 0.25) is 0 Å². The topological polar surface area (TPSA) is 37.3 Å². The number of carbonyl (C=O) groups is 1. The van der Waals surface area contributed by atoms with Crippen LogP contribution in [-0.2, 0) is 5.41 Å². The van der Waals surface area contributed by atoms with Gasteiger partial charge >= 0.3 is 0 Å². The monoisotopic (exact) mass is 364 g/mol. The van der Waals surface area contributed by atoms with Gasteiger partial charge in [0.15, 0.2) is 6.29 Å². The second kappa shape index (κ2) is 7.53. The molecule has 0 aliphatic carbocycles. The first kappa shape index (κ1) is 17.7. The molecule has 2 heteroatoms. The molecule has 0 saturated heterocycles. The van der Waals surface area contributed by atoms with Crippen LogP contribution in [0.4, 0.5) is 0 Å². The summed E-state index contributed by atoms with van der Waals surface area (Å²) in [5.41, 5.74) is 3.26. The van der Waals surface area contributed by atoms with Crippen LogP contribution in [0.1, 0.15) is 32.6 Å². The summed E-state index contributed by atoms with van der Waals surface area (Å²) in [6.45, 7) is 0. The Morgan fingerprint density at radius 1 is 0.571 bits per heavy atom. The molecule has 136 valence electrons. The van der Waals surface area contributed by atoms with Crippen LogP contribution in [0, 0.1) is 0 Å². The van der Waals surface area contributed by atoms with Gasteiger partial charge in [0.05, 0.1) is 11.0 Å². The molecule has 4 rings (SSSR count). The summed E-state index contributed by atoms with van der Waals surface area (Å²) in [5.74, 6) is 0.00839. The zero-order valence-corrected chi connectivity index (χ0v) is 15.3. The first-order valence-corrected chi connectivity index (χ1v) is 9.22. The van der Waals surface area contributed by atoms with Crippen molar-refractivity contribution in [3.05, 3.63) is 137 Å². The van der Waals surface area contributed by atoms with E-state index in [9.17, 15) is 9.90 Å². The molecule has 0 spiro atoms. The van der Waals surface area contributed by atoms with Crippen LogP contribution in [0.2, 0.25) is 0 Å². The molecule has 0 aliphatic rings. The molecule has 0 unspecified atom stereocenters.